The van der Waals surface area contributed by atoms with Gasteiger partial charge in [0.2, 0.25) is 0 Å². The van der Waals surface area contributed by atoms with Crippen molar-refractivity contribution in [3.63, 3.8) is 0 Å². The fraction of sp³-hybridized carbons (Fsp3) is 0.364. The summed E-state index contributed by atoms with van der Waals surface area (Å²) in [6.45, 7) is 0.350. The van der Waals surface area contributed by atoms with Crippen molar-refractivity contribution in [2.45, 2.75) is 12.6 Å². The van der Waals surface area contributed by atoms with Crippen molar-refractivity contribution in [3.05, 3.63) is 34.9 Å². The van der Waals surface area contributed by atoms with Crippen molar-refractivity contribution in [1.29, 1.82) is 5.26 Å². The van der Waals surface area contributed by atoms with Crippen molar-refractivity contribution < 1.29 is 17.9 Å². The molecule has 16 heavy (non-hydrogen) atoms. The van der Waals surface area contributed by atoms with Crippen LogP contribution in [0, 0.1) is 11.3 Å². The van der Waals surface area contributed by atoms with Crippen LogP contribution in [0.4, 0.5) is 13.2 Å². The van der Waals surface area contributed by atoms with Crippen LogP contribution in [0.5, 0.6) is 0 Å². The van der Waals surface area contributed by atoms with Crippen LogP contribution in [0.3, 0.4) is 0 Å². The molecule has 0 N–H and O–H groups in total. The number of hydrogen-bond donors (Lipinski definition) is 0. The highest BCUT2D eigenvalue weighted by Gasteiger charge is 2.33. The van der Waals surface area contributed by atoms with Crippen LogP contribution < -0.4 is 0 Å². The molecular weight excluding hydrogens is 219 g/mol. The summed E-state index contributed by atoms with van der Waals surface area (Å²) in [5.41, 5.74) is -0.731. The van der Waals surface area contributed by atoms with Gasteiger partial charge in [0.05, 0.1) is 23.8 Å². The highest BCUT2D eigenvalue weighted by Crippen LogP contribution is 2.32. The fourth-order valence-electron chi connectivity index (χ4n) is 1.30. The second kappa shape index (κ2) is 4.99. The molecule has 0 aliphatic rings. The van der Waals surface area contributed by atoms with Crippen LogP contribution >= 0.6 is 0 Å². The summed E-state index contributed by atoms with van der Waals surface area (Å²) < 4.78 is 42.4. The number of hydrogen-bond acceptors (Lipinski definition) is 2. The van der Waals surface area contributed by atoms with Crippen LogP contribution in [0.2, 0.25) is 0 Å². The third kappa shape index (κ3) is 2.97. The lowest BCUT2D eigenvalue weighted by Gasteiger charge is -2.10. The zero-order valence-electron chi connectivity index (χ0n) is 8.64. The molecule has 5 heteroatoms. The number of alkyl halides is 3. The van der Waals surface area contributed by atoms with Crippen molar-refractivity contribution in [3.8, 4) is 6.07 Å². The van der Waals surface area contributed by atoms with Crippen LogP contribution in [-0.4, -0.2) is 13.7 Å². The molecule has 86 valence electrons. The van der Waals surface area contributed by atoms with Gasteiger partial charge in [0, 0.05) is 7.11 Å². The SMILES string of the molecule is COCCc1ccc(C#N)c(C(F)(F)F)c1. The molecule has 0 saturated carbocycles. The maximum atomic E-state index is 12.6. The molecule has 0 heterocycles. The number of methoxy groups -OCH3 is 1. The van der Waals surface area contributed by atoms with E-state index in [9.17, 15) is 13.2 Å². The van der Waals surface area contributed by atoms with E-state index in [0.29, 0.717) is 18.6 Å². The van der Waals surface area contributed by atoms with E-state index < -0.39 is 11.7 Å². The Hall–Kier alpha value is -1.54. The van der Waals surface area contributed by atoms with E-state index >= 15 is 0 Å². The Bertz CT molecular complexity index is 407. The first-order valence-electron chi connectivity index (χ1n) is 4.58. The summed E-state index contributed by atoms with van der Waals surface area (Å²) in [6.07, 6.45) is -4.10. The van der Waals surface area contributed by atoms with E-state index in [1.807, 2.05) is 0 Å². The van der Waals surface area contributed by atoms with Gasteiger partial charge in [0.1, 0.15) is 0 Å². The molecule has 0 fully saturated rings. The van der Waals surface area contributed by atoms with Crippen molar-refractivity contribution >= 4 is 0 Å². The van der Waals surface area contributed by atoms with Gasteiger partial charge in [-0.3, -0.25) is 0 Å². The highest BCUT2D eigenvalue weighted by molar-refractivity contribution is 5.42. The van der Waals surface area contributed by atoms with Gasteiger partial charge in [-0.2, -0.15) is 18.4 Å². The summed E-state index contributed by atoms with van der Waals surface area (Å²) in [6, 6.07) is 5.23. The minimum atomic E-state index is -4.49. The molecule has 1 rings (SSSR count). The van der Waals surface area contributed by atoms with E-state index in [0.717, 1.165) is 6.07 Å². The third-order valence-corrected chi connectivity index (χ3v) is 2.10. The van der Waals surface area contributed by atoms with Gasteiger partial charge in [-0.25, -0.2) is 0 Å². The summed E-state index contributed by atoms with van der Waals surface area (Å²) >= 11 is 0. The Morgan fingerprint density at radius 1 is 1.38 bits per heavy atom. The van der Waals surface area contributed by atoms with Crippen molar-refractivity contribution in [1.82, 2.24) is 0 Å². The minimum absolute atomic E-state index is 0.350. The lowest BCUT2D eigenvalue weighted by molar-refractivity contribution is -0.137. The lowest BCUT2D eigenvalue weighted by Crippen LogP contribution is -2.09. The molecule has 0 unspecified atom stereocenters. The number of ether oxygens (including phenoxy) is 1. The molecule has 0 bridgehead atoms. The summed E-state index contributed by atoms with van der Waals surface area (Å²) in [7, 11) is 1.48. The normalized spacial score (nSPS) is 11.2. The molecule has 0 aliphatic carbocycles. The highest BCUT2D eigenvalue weighted by atomic mass is 19.4. The van der Waals surface area contributed by atoms with E-state index in [1.165, 1.54) is 25.3 Å². The summed E-state index contributed by atoms with van der Waals surface area (Å²) in [4.78, 5) is 0. The quantitative estimate of drug-likeness (QED) is 0.798. The third-order valence-electron chi connectivity index (χ3n) is 2.10. The molecule has 0 aromatic heterocycles. The average Bonchev–Trinajstić information content (AvgIpc) is 2.24. The Kier molecular flexibility index (Phi) is 3.91. The number of benzene rings is 1. The molecular formula is C11H10F3NO. The number of nitrogens with zero attached hydrogens (tertiary/aromatic N) is 1. The Labute approximate surface area is 91.3 Å². The smallest absolute Gasteiger partial charge is 0.384 e. The van der Waals surface area contributed by atoms with Gasteiger partial charge in [-0.05, 0) is 24.1 Å². The Balaban J connectivity index is 3.08. The van der Waals surface area contributed by atoms with Crippen LogP contribution in [-0.2, 0) is 17.3 Å². The molecule has 0 aliphatic heterocycles. The second-order valence-electron chi connectivity index (χ2n) is 3.23. The molecule has 1 aromatic carbocycles. The van der Waals surface area contributed by atoms with Gasteiger partial charge in [-0.1, -0.05) is 6.07 Å². The topological polar surface area (TPSA) is 33.0 Å². The van der Waals surface area contributed by atoms with Gasteiger partial charge >= 0.3 is 6.18 Å². The van der Waals surface area contributed by atoms with Gasteiger partial charge in [0.15, 0.2) is 0 Å². The first-order valence-corrected chi connectivity index (χ1v) is 4.58. The Morgan fingerprint density at radius 3 is 2.56 bits per heavy atom. The fourth-order valence-corrected chi connectivity index (χ4v) is 1.30. The molecule has 2 nitrogen and oxygen atoms in total. The largest absolute Gasteiger partial charge is 0.417 e. The van der Waals surface area contributed by atoms with E-state index in [2.05, 4.69) is 0 Å². The van der Waals surface area contributed by atoms with Gasteiger partial charge in [-0.15, -0.1) is 0 Å². The van der Waals surface area contributed by atoms with Gasteiger partial charge in [0.25, 0.3) is 0 Å². The predicted molar refractivity (Wildman–Crippen MR) is 51.7 cm³/mol. The van der Waals surface area contributed by atoms with Crippen molar-refractivity contribution in [2.24, 2.45) is 0 Å². The Morgan fingerprint density at radius 2 is 2.06 bits per heavy atom. The first-order chi connectivity index (χ1) is 7.49. The summed E-state index contributed by atoms with van der Waals surface area (Å²) in [5, 5.41) is 8.57. The van der Waals surface area contributed by atoms with Crippen LogP contribution in [0.25, 0.3) is 0 Å². The number of nitriles is 1. The lowest BCUT2D eigenvalue weighted by atomic mass is 10.0. The van der Waals surface area contributed by atoms with Crippen LogP contribution in [0.1, 0.15) is 16.7 Å². The van der Waals surface area contributed by atoms with Crippen LogP contribution in [0.15, 0.2) is 18.2 Å². The summed E-state index contributed by atoms with van der Waals surface area (Å²) in [5.74, 6) is 0. The molecule has 0 spiro atoms. The maximum Gasteiger partial charge on any atom is 0.417 e. The number of halogens is 3. The first kappa shape index (κ1) is 12.5. The van der Waals surface area contributed by atoms with E-state index in [1.54, 1.807) is 0 Å². The van der Waals surface area contributed by atoms with Crippen molar-refractivity contribution in [2.75, 3.05) is 13.7 Å². The molecule has 0 atom stereocenters. The average molecular weight is 229 g/mol. The molecule has 0 radical (unpaired) electrons. The van der Waals surface area contributed by atoms with E-state index in [4.69, 9.17) is 10.00 Å². The zero-order valence-corrected chi connectivity index (χ0v) is 8.64. The predicted octanol–water partition coefficient (Wildman–Crippen LogP) is 2.77. The molecule has 0 amide bonds. The molecule has 0 saturated heterocycles. The van der Waals surface area contributed by atoms with E-state index in [-0.39, 0.29) is 5.56 Å². The standard InChI is InChI=1S/C11H10F3NO/c1-16-5-4-8-2-3-9(7-15)10(6-8)11(12,13)14/h2-3,6H,4-5H2,1H3. The zero-order chi connectivity index (χ0) is 12.2. The number of rotatable bonds is 3. The monoisotopic (exact) mass is 229 g/mol. The minimum Gasteiger partial charge on any atom is -0.384 e. The molecule has 1 aromatic rings. The second-order valence-corrected chi connectivity index (χ2v) is 3.23. The maximum absolute atomic E-state index is 12.6. The van der Waals surface area contributed by atoms with Gasteiger partial charge < -0.3 is 4.74 Å².